The van der Waals surface area contributed by atoms with Crippen molar-refractivity contribution in [3.05, 3.63) is 48.2 Å². The minimum atomic E-state index is -4.23. The first kappa shape index (κ1) is 32.2. The molecule has 0 amide bonds. The van der Waals surface area contributed by atoms with Crippen LogP contribution in [-0.2, 0) is 29.0 Å². The Morgan fingerprint density at radius 3 is 2.52 bits per heavy atom. The smallest absolute Gasteiger partial charge is 0.280 e. The molecular formula is C31H39N5O9S. The molecule has 15 heteroatoms. The average molecular weight is 658 g/mol. The number of hydrogen-bond donors (Lipinski definition) is 1. The van der Waals surface area contributed by atoms with E-state index >= 15 is 0 Å². The number of fused-ring (bicyclic) bond motifs is 1. The topological polar surface area (TPSA) is 153 Å². The fourth-order valence-electron chi connectivity index (χ4n) is 5.39. The molecule has 1 N–H and O–H groups in total. The Morgan fingerprint density at radius 1 is 1.07 bits per heavy atom. The van der Waals surface area contributed by atoms with Crippen LogP contribution in [0.1, 0.15) is 39.2 Å². The maximum atomic E-state index is 13.7. The van der Waals surface area contributed by atoms with Gasteiger partial charge in [-0.1, -0.05) is 32.0 Å². The van der Waals surface area contributed by atoms with Gasteiger partial charge in [-0.2, -0.15) is 18.4 Å². The predicted octanol–water partition coefficient (Wildman–Crippen LogP) is 3.73. The van der Waals surface area contributed by atoms with Crippen molar-refractivity contribution >= 4 is 21.8 Å². The Morgan fingerprint density at radius 2 is 1.83 bits per heavy atom. The van der Waals surface area contributed by atoms with Crippen LogP contribution in [0.3, 0.4) is 0 Å². The van der Waals surface area contributed by atoms with E-state index in [-0.39, 0.29) is 53.2 Å². The number of sulfonamides is 1. The van der Waals surface area contributed by atoms with Gasteiger partial charge in [-0.25, -0.2) is 4.98 Å². The zero-order chi connectivity index (χ0) is 32.5. The number of nitrogens with zero attached hydrogens (tertiary/aromatic N) is 4. The van der Waals surface area contributed by atoms with Crippen LogP contribution in [-0.4, -0.2) is 94.1 Å². The van der Waals surface area contributed by atoms with E-state index in [0.717, 1.165) is 5.56 Å². The van der Waals surface area contributed by atoms with Crippen LogP contribution in [0.2, 0.25) is 0 Å². The molecule has 3 saturated heterocycles. The van der Waals surface area contributed by atoms with E-state index < -0.39 is 21.9 Å². The molecule has 0 radical (unpaired) electrons. The van der Waals surface area contributed by atoms with Gasteiger partial charge in [0.2, 0.25) is 11.7 Å². The molecule has 248 valence electrons. The summed E-state index contributed by atoms with van der Waals surface area (Å²) < 4.78 is 71.6. The number of morpholine rings is 1. The number of benzene rings is 1. The minimum absolute atomic E-state index is 0.00608. The molecule has 1 aromatic carbocycles. The Bertz CT molecular complexity index is 1630. The molecule has 0 spiro atoms. The van der Waals surface area contributed by atoms with Gasteiger partial charge in [-0.05, 0) is 43.5 Å². The van der Waals surface area contributed by atoms with Crippen molar-refractivity contribution in [1.29, 1.82) is 0 Å². The molecule has 0 unspecified atom stereocenters. The number of aromatic nitrogens is 3. The normalized spacial score (nSPS) is 22.5. The Labute approximate surface area is 268 Å². The van der Waals surface area contributed by atoms with E-state index in [0.29, 0.717) is 44.4 Å². The first-order chi connectivity index (χ1) is 22.0. The molecule has 0 saturated carbocycles. The van der Waals surface area contributed by atoms with Crippen LogP contribution < -0.4 is 23.8 Å². The molecule has 3 aliphatic heterocycles. The maximum absolute atomic E-state index is 13.7. The highest BCUT2D eigenvalue weighted by atomic mass is 32.2. The van der Waals surface area contributed by atoms with Crippen LogP contribution in [0, 0.1) is 0 Å². The summed E-state index contributed by atoms with van der Waals surface area (Å²) >= 11 is 0. The van der Waals surface area contributed by atoms with E-state index in [2.05, 4.69) is 14.7 Å². The fraction of sp³-hybridized carbons (Fsp3) is 0.516. The van der Waals surface area contributed by atoms with Gasteiger partial charge >= 0.3 is 0 Å². The average Bonchev–Trinajstić information content (AvgIpc) is 3.56. The van der Waals surface area contributed by atoms with Gasteiger partial charge in [0.25, 0.3) is 15.9 Å². The number of ether oxygens (including phenoxy) is 7. The minimum Gasteiger partial charge on any atom is -0.493 e. The molecule has 14 nitrogen and oxygen atoms in total. The van der Waals surface area contributed by atoms with Gasteiger partial charge in [0.05, 0.1) is 26.9 Å². The van der Waals surface area contributed by atoms with Crippen LogP contribution in [0.25, 0.3) is 0 Å². The SMILES string of the molecule is COc1ccccc1Oc1c(NS(=O)(=O)c2ccc(C(C)C)cn2)nc(N2CCOCC2)nc1OC[C@H]1OC[C@@H]2OC(C)(C)O[C@@H]21. The number of rotatable bonds is 11. The summed E-state index contributed by atoms with van der Waals surface area (Å²) in [5.74, 6) is 0.158. The maximum Gasteiger partial charge on any atom is 0.280 e. The van der Waals surface area contributed by atoms with E-state index in [1.54, 1.807) is 36.5 Å². The quantitative estimate of drug-likeness (QED) is 0.319. The number of methoxy groups -OCH3 is 1. The number of anilines is 2. The van der Waals surface area contributed by atoms with Crippen LogP contribution in [0.15, 0.2) is 47.6 Å². The van der Waals surface area contributed by atoms with Crippen molar-refractivity contribution in [1.82, 2.24) is 15.0 Å². The van der Waals surface area contributed by atoms with Crippen molar-refractivity contribution in [3.8, 4) is 23.1 Å². The van der Waals surface area contributed by atoms with Crippen molar-refractivity contribution in [3.63, 3.8) is 0 Å². The molecular weight excluding hydrogens is 618 g/mol. The van der Waals surface area contributed by atoms with Crippen molar-refractivity contribution < 1.29 is 41.6 Å². The lowest BCUT2D eigenvalue weighted by molar-refractivity contribution is -0.177. The molecule has 0 bridgehead atoms. The molecule has 3 fully saturated rings. The first-order valence-electron chi connectivity index (χ1n) is 15.2. The summed E-state index contributed by atoms with van der Waals surface area (Å²) in [6.45, 7) is 9.98. The monoisotopic (exact) mass is 657 g/mol. The summed E-state index contributed by atoms with van der Waals surface area (Å²) in [6.07, 6.45) is 0.479. The summed E-state index contributed by atoms with van der Waals surface area (Å²) in [6, 6.07) is 10.1. The predicted molar refractivity (Wildman–Crippen MR) is 166 cm³/mol. The molecule has 5 heterocycles. The first-order valence-corrected chi connectivity index (χ1v) is 16.7. The Balaban J connectivity index is 1.40. The summed E-state index contributed by atoms with van der Waals surface area (Å²) in [4.78, 5) is 15.5. The molecule has 2 aromatic heterocycles. The van der Waals surface area contributed by atoms with Crippen LogP contribution in [0.5, 0.6) is 23.1 Å². The summed E-state index contributed by atoms with van der Waals surface area (Å²) in [7, 11) is -2.72. The fourth-order valence-corrected chi connectivity index (χ4v) is 6.33. The highest BCUT2D eigenvalue weighted by Crippen LogP contribution is 2.42. The molecule has 6 rings (SSSR count). The third-order valence-corrected chi connectivity index (χ3v) is 9.03. The van der Waals surface area contributed by atoms with Gasteiger partial charge in [0.1, 0.15) is 24.9 Å². The number of pyridine rings is 1. The number of nitrogens with one attached hydrogen (secondary N) is 1. The highest BCUT2D eigenvalue weighted by Gasteiger charge is 2.50. The third kappa shape index (κ3) is 6.98. The Kier molecular flexibility index (Phi) is 9.21. The van der Waals surface area contributed by atoms with E-state index in [1.807, 2.05) is 32.6 Å². The second-order valence-electron chi connectivity index (χ2n) is 11.9. The summed E-state index contributed by atoms with van der Waals surface area (Å²) in [5.41, 5.74) is 0.905. The standard InChI is InChI=1S/C31H39N5O9S/c1-19(2)20-10-11-25(32-16-20)46(37,38)35-28-27(43-22-9-7-6-8-21(22)39-5)29(34-30(33-28)36-12-14-40-15-13-36)42-17-23-26-24(18-41-23)44-31(3,4)45-26/h6-11,16,19,23-24,26H,12-15,17-18H2,1-5H3,(H,33,34,35)/t23-,24+,26-/m1/s1. The molecule has 46 heavy (non-hydrogen) atoms. The molecule has 3 aliphatic rings. The van der Waals surface area contributed by atoms with Gasteiger partial charge < -0.3 is 38.1 Å². The second kappa shape index (κ2) is 13.2. The zero-order valence-electron chi connectivity index (χ0n) is 26.5. The third-order valence-electron chi connectivity index (χ3n) is 7.78. The van der Waals surface area contributed by atoms with E-state index in [4.69, 9.17) is 38.1 Å². The van der Waals surface area contributed by atoms with Crippen molar-refractivity contribution in [2.75, 3.05) is 56.2 Å². The zero-order valence-corrected chi connectivity index (χ0v) is 27.3. The van der Waals surface area contributed by atoms with Crippen LogP contribution in [0.4, 0.5) is 11.8 Å². The molecule has 0 aliphatic carbocycles. The highest BCUT2D eigenvalue weighted by molar-refractivity contribution is 7.92. The van der Waals surface area contributed by atoms with Gasteiger partial charge in [-0.3, -0.25) is 4.72 Å². The lowest BCUT2D eigenvalue weighted by Crippen LogP contribution is -2.37. The van der Waals surface area contributed by atoms with E-state index in [9.17, 15) is 8.42 Å². The van der Waals surface area contributed by atoms with Gasteiger partial charge in [0.15, 0.2) is 28.1 Å². The number of para-hydroxylation sites is 2. The van der Waals surface area contributed by atoms with Gasteiger partial charge in [0, 0.05) is 19.3 Å². The number of hydrogen-bond acceptors (Lipinski definition) is 13. The van der Waals surface area contributed by atoms with Crippen molar-refractivity contribution in [2.45, 2.75) is 62.7 Å². The lowest BCUT2D eigenvalue weighted by Gasteiger charge is -2.28. The molecule has 3 aromatic rings. The lowest BCUT2D eigenvalue weighted by atomic mass is 10.1. The molecule has 3 atom stereocenters. The summed E-state index contributed by atoms with van der Waals surface area (Å²) in [5, 5.41) is -0.180. The Hall–Kier alpha value is -3.76. The van der Waals surface area contributed by atoms with Crippen molar-refractivity contribution in [2.24, 2.45) is 0 Å². The second-order valence-corrected chi connectivity index (χ2v) is 13.5. The van der Waals surface area contributed by atoms with Crippen LogP contribution >= 0.6 is 0 Å². The van der Waals surface area contributed by atoms with E-state index in [1.165, 1.54) is 13.2 Å². The van der Waals surface area contributed by atoms with Gasteiger partial charge in [-0.15, -0.1) is 0 Å². The largest absolute Gasteiger partial charge is 0.493 e.